The van der Waals surface area contributed by atoms with Crippen LogP contribution in [0.4, 0.5) is 5.69 Å². The zero-order chi connectivity index (χ0) is 22.8. The van der Waals surface area contributed by atoms with Gasteiger partial charge in [0.25, 0.3) is 0 Å². The second-order valence-electron chi connectivity index (χ2n) is 9.19. The predicted molar refractivity (Wildman–Crippen MR) is 129 cm³/mol. The molecular formula is C30H21NO3. The Morgan fingerprint density at radius 2 is 1.00 bits per heavy atom. The van der Waals surface area contributed by atoms with E-state index in [-0.39, 0.29) is 35.5 Å². The first-order valence-electron chi connectivity index (χ1n) is 11.6. The van der Waals surface area contributed by atoms with Gasteiger partial charge in [-0.2, -0.15) is 0 Å². The van der Waals surface area contributed by atoms with Gasteiger partial charge in [0.15, 0.2) is 0 Å². The molecule has 0 N–H and O–H groups in total. The largest absolute Gasteiger partial charge is 0.457 e. The number of para-hydroxylation sites is 1. The first-order chi connectivity index (χ1) is 16.7. The van der Waals surface area contributed by atoms with Gasteiger partial charge in [0, 0.05) is 17.9 Å². The van der Waals surface area contributed by atoms with Crippen molar-refractivity contribution in [2.24, 2.45) is 11.8 Å². The number of hydrogen-bond donors (Lipinski definition) is 0. The summed E-state index contributed by atoms with van der Waals surface area (Å²) >= 11 is 0. The van der Waals surface area contributed by atoms with Gasteiger partial charge in [-0.1, -0.05) is 72.8 Å². The SMILES string of the molecule is O=C1[C@@H]2C3c4ccccc4C(c4ccccc43)[C@@H]2C(=O)N1c1cccc(Oc2ccccc2)c1. The summed E-state index contributed by atoms with van der Waals surface area (Å²) in [6, 6.07) is 33.3. The molecule has 3 aliphatic carbocycles. The van der Waals surface area contributed by atoms with E-state index in [0.29, 0.717) is 17.2 Å². The van der Waals surface area contributed by atoms with Crippen LogP contribution in [0, 0.1) is 11.8 Å². The van der Waals surface area contributed by atoms with Crippen molar-refractivity contribution in [1.29, 1.82) is 0 Å². The van der Waals surface area contributed by atoms with E-state index < -0.39 is 0 Å². The Hall–Kier alpha value is -4.18. The molecule has 1 heterocycles. The summed E-state index contributed by atoms with van der Waals surface area (Å²) < 4.78 is 5.97. The molecule has 0 unspecified atom stereocenters. The number of amides is 2. The van der Waals surface area contributed by atoms with Gasteiger partial charge < -0.3 is 4.74 Å². The highest BCUT2D eigenvalue weighted by Crippen LogP contribution is 2.61. The van der Waals surface area contributed by atoms with Gasteiger partial charge in [0.2, 0.25) is 11.8 Å². The molecule has 1 saturated heterocycles. The molecule has 0 radical (unpaired) electrons. The summed E-state index contributed by atoms with van der Waals surface area (Å²) in [4.78, 5) is 29.2. The fourth-order valence-electron chi connectivity index (χ4n) is 6.24. The number of carbonyl (C=O) groups excluding carboxylic acids is 2. The Labute approximate surface area is 197 Å². The number of carbonyl (C=O) groups is 2. The zero-order valence-electron chi connectivity index (χ0n) is 18.3. The lowest BCUT2D eigenvalue weighted by Crippen LogP contribution is -2.41. The summed E-state index contributed by atoms with van der Waals surface area (Å²) in [6.07, 6.45) is 0. The van der Waals surface area contributed by atoms with Gasteiger partial charge in [-0.05, 0) is 46.5 Å². The van der Waals surface area contributed by atoms with Crippen LogP contribution in [0.1, 0.15) is 34.1 Å². The Kier molecular flexibility index (Phi) is 4.06. The molecule has 4 aromatic carbocycles. The number of ether oxygens (including phenoxy) is 1. The van der Waals surface area contributed by atoms with Gasteiger partial charge in [-0.3, -0.25) is 9.59 Å². The maximum Gasteiger partial charge on any atom is 0.238 e. The van der Waals surface area contributed by atoms with Gasteiger partial charge >= 0.3 is 0 Å². The number of anilines is 1. The van der Waals surface area contributed by atoms with Crippen molar-refractivity contribution in [3.8, 4) is 11.5 Å². The lowest BCUT2D eigenvalue weighted by molar-refractivity contribution is -0.122. The number of rotatable bonds is 3. The molecule has 4 aromatic rings. The summed E-state index contributed by atoms with van der Waals surface area (Å²) in [5.74, 6) is 0.0731. The van der Waals surface area contributed by atoms with Crippen molar-refractivity contribution in [2.45, 2.75) is 11.8 Å². The Morgan fingerprint density at radius 1 is 0.529 bits per heavy atom. The molecule has 2 amide bonds. The minimum absolute atomic E-state index is 0.104. The van der Waals surface area contributed by atoms with Crippen LogP contribution in [0.5, 0.6) is 11.5 Å². The van der Waals surface area contributed by atoms with Crippen LogP contribution in [0.3, 0.4) is 0 Å². The smallest absolute Gasteiger partial charge is 0.238 e. The Balaban J connectivity index is 1.32. The molecule has 1 fully saturated rings. The van der Waals surface area contributed by atoms with E-state index in [1.54, 1.807) is 6.07 Å². The predicted octanol–water partition coefficient (Wildman–Crippen LogP) is 5.88. The van der Waals surface area contributed by atoms with Crippen molar-refractivity contribution in [3.05, 3.63) is 125 Å². The standard InChI is InChI=1S/C30H21NO3/c32-29-27-25-21-13-4-5-14-22(21)26(24-16-7-6-15-23(24)25)28(27)30(33)31(29)18-9-8-12-20(17-18)34-19-10-2-1-3-11-19/h1-17,25-28H/t25?,26?,27-,28+. The molecular weight excluding hydrogens is 422 g/mol. The van der Waals surface area contributed by atoms with Gasteiger partial charge in [0.05, 0.1) is 17.5 Å². The van der Waals surface area contributed by atoms with E-state index in [0.717, 1.165) is 0 Å². The highest BCUT2D eigenvalue weighted by atomic mass is 16.5. The molecule has 4 nitrogen and oxygen atoms in total. The summed E-state index contributed by atoms with van der Waals surface area (Å²) in [5, 5.41) is 0. The molecule has 164 valence electrons. The maximum atomic E-state index is 13.9. The highest BCUT2D eigenvalue weighted by molar-refractivity contribution is 6.23. The number of imide groups is 1. The first kappa shape index (κ1) is 19.3. The third-order valence-electron chi connectivity index (χ3n) is 7.50. The maximum absolute atomic E-state index is 13.9. The third-order valence-corrected chi connectivity index (χ3v) is 7.50. The molecule has 1 aliphatic heterocycles. The summed E-state index contributed by atoms with van der Waals surface area (Å²) in [5.41, 5.74) is 5.27. The second kappa shape index (κ2) is 7.16. The normalized spacial score (nSPS) is 23.9. The van der Waals surface area contributed by atoms with Crippen LogP contribution in [0.25, 0.3) is 0 Å². The van der Waals surface area contributed by atoms with Crippen LogP contribution in [-0.4, -0.2) is 11.8 Å². The van der Waals surface area contributed by atoms with E-state index in [4.69, 9.17) is 4.74 Å². The van der Waals surface area contributed by atoms with E-state index in [1.807, 2.05) is 72.8 Å². The minimum Gasteiger partial charge on any atom is -0.457 e. The zero-order valence-corrected chi connectivity index (χ0v) is 18.3. The molecule has 0 saturated carbocycles. The Morgan fingerprint density at radius 3 is 1.53 bits per heavy atom. The van der Waals surface area contributed by atoms with Crippen LogP contribution in [0.2, 0.25) is 0 Å². The van der Waals surface area contributed by atoms with Crippen molar-refractivity contribution in [3.63, 3.8) is 0 Å². The molecule has 8 rings (SSSR count). The van der Waals surface area contributed by atoms with E-state index in [2.05, 4.69) is 24.3 Å². The topological polar surface area (TPSA) is 46.6 Å². The van der Waals surface area contributed by atoms with E-state index in [1.165, 1.54) is 27.2 Å². The molecule has 0 aromatic heterocycles. The number of hydrogen-bond acceptors (Lipinski definition) is 3. The third kappa shape index (κ3) is 2.59. The van der Waals surface area contributed by atoms with Crippen molar-refractivity contribution in [2.75, 3.05) is 4.90 Å². The number of benzene rings is 4. The van der Waals surface area contributed by atoms with Crippen LogP contribution in [0.15, 0.2) is 103 Å². The molecule has 2 atom stereocenters. The monoisotopic (exact) mass is 443 g/mol. The van der Waals surface area contributed by atoms with Crippen LogP contribution < -0.4 is 9.64 Å². The van der Waals surface area contributed by atoms with Crippen LogP contribution in [-0.2, 0) is 9.59 Å². The van der Waals surface area contributed by atoms with Gasteiger partial charge in [-0.15, -0.1) is 0 Å². The molecule has 0 spiro atoms. The molecule has 34 heavy (non-hydrogen) atoms. The van der Waals surface area contributed by atoms with E-state index >= 15 is 0 Å². The lowest BCUT2D eigenvalue weighted by atomic mass is 9.55. The van der Waals surface area contributed by atoms with E-state index in [9.17, 15) is 9.59 Å². The van der Waals surface area contributed by atoms with Crippen molar-refractivity contribution < 1.29 is 14.3 Å². The lowest BCUT2D eigenvalue weighted by Gasteiger charge is -2.45. The molecule has 2 bridgehead atoms. The molecule has 4 heteroatoms. The first-order valence-corrected chi connectivity index (χ1v) is 11.6. The van der Waals surface area contributed by atoms with Gasteiger partial charge in [-0.25, -0.2) is 4.90 Å². The second-order valence-corrected chi connectivity index (χ2v) is 9.19. The average Bonchev–Trinajstić information content (AvgIpc) is 3.15. The average molecular weight is 444 g/mol. The summed E-state index contributed by atoms with van der Waals surface area (Å²) in [7, 11) is 0. The fraction of sp³-hybridized carbons (Fsp3) is 0.133. The number of nitrogens with zero attached hydrogens (tertiary/aromatic N) is 1. The fourth-order valence-corrected chi connectivity index (χ4v) is 6.24. The van der Waals surface area contributed by atoms with Crippen LogP contribution >= 0.6 is 0 Å². The van der Waals surface area contributed by atoms with Crippen molar-refractivity contribution >= 4 is 17.5 Å². The van der Waals surface area contributed by atoms with Crippen molar-refractivity contribution in [1.82, 2.24) is 0 Å². The molecule has 4 aliphatic rings. The Bertz CT molecular complexity index is 1350. The summed E-state index contributed by atoms with van der Waals surface area (Å²) in [6.45, 7) is 0. The minimum atomic E-state index is -0.388. The highest BCUT2D eigenvalue weighted by Gasteiger charge is 2.61. The van der Waals surface area contributed by atoms with Gasteiger partial charge in [0.1, 0.15) is 11.5 Å². The quantitative estimate of drug-likeness (QED) is 0.372.